The molecule has 0 saturated heterocycles. The Kier molecular flexibility index (Phi) is 4.22. The maximum absolute atomic E-state index is 12.4. The molecule has 148 valence electrons. The number of amides is 1. The summed E-state index contributed by atoms with van der Waals surface area (Å²) >= 11 is 0. The Balaban J connectivity index is 1.19. The second-order valence-corrected chi connectivity index (χ2v) is 9.39. The molecule has 4 aliphatic rings. The van der Waals surface area contributed by atoms with Gasteiger partial charge in [0, 0.05) is 24.1 Å². The predicted octanol–water partition coefficient (Wildman–Crippen LogP) is 3.81. The highest BCUT2D eigenvalue weighted by Crippen LogP contribution is 2.59. The van der Waals surface area contributed by atoms with E-state index < -0.39 is 0 Å². The van der Waals surface area contributed by atoms with Crippen molar-refractivity contribution in [2.75, 3.05) is 13.2 Å². The van der Waals surface area contributed by atoms with E-state index >= 15 is 0 Å². The van der Waals surface area contributed by atoms with E-state index in [4.69, 9.17) is 9.15 Å². The highest BCUT2D eigenvalue weighted by molar-refractivity contribution is 5.81. The minimum absolute atomic E-state index is 0.0199. The van der Waals surface area contributed by atoms with Crippen molar-refractivity contribution >= 4 is 16.9 Å². The Labute approximate surface area is 164 Å². The molecule has 28 heavy (non-hydrogen) atoms. The molecule has 4 fully saturated rings. The minimum atomic E-state index is -0.379. The molecule has 4 bridgehead atoms. The van der Waals surface area contributed by atoms with Gasteiger partial charge in [0.15, 0.2) is 6.61 Å². The van der Waals surface area contributed by atoms with Crippen molar-refractivity contribution in [1.29, 1.82) is 0 Å². The summed E-state index contributed by atoms with van der Waals surface area (Å²) in [5.41, 5.74) is 1.30. The molecule has 2 aromatic rings. The van der Waals surface area contributed by atoms with E-state index in [0.29, 0.717) is 16.7 Å². The van der Waals surface area contributed by atoms with Crippen molar-refractivity contribution in [2.45, 2.75) is 45.4 Å². The lowest BCUT2D eigenvalue weighted by Gasteiger charge is -2.56. The van der Waals surface area contributed by atoms with Gasteiger partial charge in [0.2, 0.25) is 0 Å². The highest BCUT2D eigenvalue weighted by Gasteiger charge is 2.50. The molecule has 4 saturated carbocycles. The average molecular weight is 381 g/mol. The summed E-state index contributed by atoms with van der Waals surface area (Å²) in [4.78, 5) is 23.9. The van der Waals surface area contributed by atoms with E-state index in [1.54, 1.807) is 6.07 Å². The molecule has 5 heteroatoms. The Morgan fingerprint density at radius 3 is 2.50 bits per heavy atom. The zero-order valence-corrected chi connectivity index (χ0v) is 16.3. The van der Waals surface area contributed by atoms with Gasteiger partial charge >= 0.3 is 5.63 Å². The number of hydrogen-bond donors (Lipinski definition) is 1. The summed E-state index contributed by atoms with van der Waals surface area (Å²) in [7, 11) is 0. The van der Waals surface area contributed by atoms with Crippen LogP contribution in [0.4, 0.5) is 0 Å². The summed E-state index contributed by atoms with van der Waals surface area (Å²) < 4.78 is 10.9. The second-order valence-electron chi connectivity index (χ2n) is 9.39. The van der Waals surface area contributed by atoms with Gasteiger partial charge in [-0.15, -0.1) is 0 Å². The predicted molar refractivity (Wildman–Crippen MR) is 106 cm³/mol. The quantitative estimate of drug-likeness (QED) is 0.800. The summed E-state index contributed by atoms with van der Waals surface area (Å²) in [6.45, 7) is 2.64. The van der Waals surface area contributed by atoms with Crippen LogP contribution in [0, 0.1) is 30.1 Å². The van der Waals surface area contributed by atoms with Crippen LogP contribution in [0.3, 0.4) is 0 Å². The van der Waals surface area contributed by atoms with E-state index in [2.05, 4.69) is 5.32 Å². The molecule has 1 N–H and O–H groups in total. The second kappa shape index (κ2) is 6.64. The highest BCUT2D eigenvalue weighted by atomic mass is 16.5. The molecule has 4 aliphatic carbocycles. The molecule has 0 radical (unpaired) electrons. The van der Waals surface area contributed by atoms with Crippen molar-refractivity contribution in [1.82, 2.24) is 5.32 Å². The fraction of sp³-hybridized carbons (Fsp3) is 0.565. The van der Waals surface area contributed by atoms with Crippen LogP contribution in [0.5, 0.6) is 5.75 Å². The topological polar surface area (TPSA) is 68.5 Å². The van der Waals surface area contributed by atoms with Crippen LogP contribution in [0.2, 0.25) is 0 Å². The molecule has 0 unspecified atom stereocenters. The first-order valence-electron chi connectivity index (χ1n) is 10.4. The standard InChI is InChI=1S/C23H27NO4/c1-14-4-22(26)28-20-8-18(2-3-19(14)20)27-12-21(25)24-13-23-9-15-5-16(10-23)7-17(6-15)11-23/h2-4,8,15-17H,5-7,9-13H2,1H3,(H,24,25). The van der Waals surface area contributed by atoms with Gasteiger partial charge in [-0.3, -0.25) is 4.79 Å². The molecule has 0 atom stereocenters. The molecule has 1 aromatic heterocycles. The van der Waals surface area contributed by atoms with Gasteiger partial charge in [0.25, 0.3) is 5.91 Å². The number of aryl methyl sites for hydroxylation is 1. The van der Waals surface area contributed by atoms with E-state index in [9.17, 15) is 9.59 Å². The summed E-state index contributed by atoms with van der Waals surface area (Å²) in [6.07, 6.45) is 8.07. The third-order valence-electron chi connectivity index (χ3n) is 7.12. The van der Waals surface area contributed by atoms with Crippen LogP contribution in [-0.4, -0.2) is 19.1 Å². The van der Waals surface area contributed by atoms with Gasteiger partial charge in [-0.2, -0.15) is 0 Å². The molecule has 1 heterocycles. The monoisotopic (exact) mass is 381 g/mol. The number of ether oxygens (including phenoxy) is 1. The van der Waals surface area contributed by atoms with Crippen molar-refractivity contribution in [3.8, 4) is 5.75 Å². The van der Waals surface area contributed by atoms with Gasteiger partial charge < -0.3 is 14.5 Å². The molecule has 5 nitrogen and oxygen atoms in total. The number of carbonyl (C=O) groups excluding carboxylic acids is 1. The third-order valence-corrected chi connectivity index (χ3v) is 7.12. The fourth-order valence-corrected chi connectivity index (χ4v) is 6.39. The van der Waals surface area contributed by atoms with Crippen molar-refractivity contribution in [3.05, 3.63) is 40.2 Å². The lowest BCUT2D eigenvalue weighted by molar-refractivity contribution is -0.125. The van der Waals surface area contributed by atoms with Crippen molar-refractivity contribution in [2.24, 2.45) is 23.2 Å². The van der Waals surface area contributed by atoms with E-state index in [0.717, 1.165) is 35.2 Å². The zero-order valence-electron chi connectivity index (χ0n) is 16.3. The zero-order chi connectivity index (χ0) is 19.3. The molecular weight excluding hydrogens is 354 g/mol. The summed E-state index contributed by atoms with van der Waals surface area (Å²) in [5.74, 6) is 3.10. The van der Waals surface area contributed by atoms with E-state index in [1.807, 2.05) is 19.1 Å². The normalized spacial score (nSPS) is 30.5. The van der Waals surface area contributed by atoms with Crippen molar-refractivity contribution in [3.63, 3.8) is 0 Å². The molecular formula is C23H27NO4. The Morgan fingerprint density at radius 1 is 1.14 bits per heavy atom. The molecule has 1 amide bonds. The lowest BCUT2D eigenvalue weighted by atomic mass is 9.49. The molecule has 0 spiro atoms. The van der Waals surface area contributed by atoms with Gasteiger partial charge in [0.05, 0.1) is 0 Å². The maximum atomic E-state index is 12.4. The Hall–Kier alpha value is -2.30. The first-order valence-corrected chi connectivity index (χ1v) is 10.4. The number of benzene rings is 1. The smallest absolute Gasteiger partial charge is 0.336 e. The number of nitrogens with one attached hydrogen (secondary N) is 1. The van der Waals surface area contributed by atoms with Crippen LogP contribution < -0.4 is 15.7 Å². The lowest BCUT2D eigenvalue weighted by Crippen LogP contribution is -2.51. The molecule has 0 aliphatic heterocycles. The summed E-state index contributed by atoms with van der Waals surface area (Å²) in [6, 6.07) is 6.81. The van der Waals surface area contributed by atoms with E-state index in [-0.39, 0.29) is 18.1 Å². The number of hydrogen-bond acceptors (Lipinski definition) is 4. The fourth-order valence-electron chi connectivity index (χ4n) is 6.39. The average Bonchev–Trinajstić information content (AvgIpc) is 2.63. The first-order chi connectivity index (χ1) is 13.5. The first kappa shape index (κ1) is 17.8. The number of carbonyl (C=O) groups is 1. The maximum Gasteiger partial charge on any atom is 0.336 e. The van der Waals surface area contributed by atoms with Gasteiger partial charge in [-0.1, -0.05) is 0 Å². The van der Waals surface area contributed by atoms with Crippen LogP contribution in [0.1, 0.15) is 44.1 Å². The Morgan fingerprint density at radius 2 is 1.82 bits per heavy atom. The SMILES string of the molecule is Cc1cc(=O)oc2cc(OCC(=O)NCC34CC5CC(CC(C5)C3)C4)ccc12. The van der Waals surface area contributed by atoms with Gasteiger partial charge in [-0.25, -0.2) is 4.79 Å². The van der Waals surface area contributed by atoms with Crippen LogP contribution in [0.15, 0.2) is 33.5 Å². The number of fused-ring (bicyclic) bond motifs is 1. The van der Waals surface area contributed by atoms with Gasteiger partial charge in [-0.05, 0) is 86.3 Å². The summed E-state index contributed by atoms with van der Waals surface area (Å²) in [5, 5.41) is 4.00. The van der Waals surface area contributed by atoms with E-state index in [1.165, 1.54) is 44.6 Å². The molecule has 6 rings (SSSR count). The molecule has 1 aromatic carbocycles. The van der Waals surface area contributed by atoms with Crippen molar-refractivity contribution < 1.29 is 13.9 Å². The largest absolute Gasteiger partial charge is 0.484 e. The minimum Gasteiger partial charge on any atom is -0.484 e. The van der Waals surface area contributed by atoms with Crippen LogP contribution in [0.25, 0.3) is 11.0 Å². The Bertz CT molecular complexity index is 941. The van der Waals surface area contributed by atoms with Gasteiger partial charge in [0.1, 0.15) is 11.3 Å². The number of rotatable bonds is 5. The third kappa shape index (κ3) is 3.31. The van der Waals surface area contributed by atoms with Crippen LogP contribution in [-0.2, 0) is 4.79 Å². The van der Waals surface area contributed by atoms with Crippen LogP contribution >= 0.6 is 0 Å².